The average molecular weight is 427 g/mol. The number of fused-ring (bicyclic) bond motifs is 3. The Morgan fingerprint density at radius 1 is 1.16 bits per heavy atom. The molecule has 7 heteroatoms. The number of non-ortho nitro benzene ring substituents is 1. The van der Waals surface area contributed by atoms with Gasteiger partial charge in [-0.3, -0.25) is 10.1 Å². The molecule has 0 saturated carbocycles. The maximum absolute atomic E-state index is 11.4. The highest BCUT2D eigenvalue weighted by Crippen LogP contribution is 2.48. The van der Waals surface area contributed by atoms with E-state index in [1.165, 1.54) is 6.07 Å². The highest BCUT2D eigenvalue weighted by atomic mass is 16.6. The van der Waals surface area contributed by atoms with E-state index in [4.69, 9.17) is 14.6 Å². The van der Waals surface area contributed by atoms with Gasteiger partial charge in [0.2, 0.25) is 6.23 Å². The van der Waals surface area contributed by atoms with Crippen molar-refractivity contribution in [3.05, 3.63) is 112 Å². The molecular formula is C25H21N3O4. The zero-order valence-corrected chi connectivity index (χ0v) is 17.3. The first-order valence-electron chi connectivity index (χ1n) is 10.3. The van der Waals surface area contributed by atoms with E-state index < -0.39 is 6.23 Å². The second kappa shape index (κ2) is 8.19. The molecule has 0 aliphatic carbocycles. The Morgan fingerprint density at radius 3 is 2.66 bits per heavy atom. The van der Waals surface area contributed by atoms with Gasteiger partial charge in [-0.15, -0.1) is 0 Å². The quantitative estimate of drug-likeness (QED) is 0.299. The summed E-state index contributed by atoms with van der Waals surface area (Å²) in [6.45, 7) is 4.11. The fourth-order valence-corrected chi connectivity index (χ4v) is 4.10. The standard InChI is InChI=1S/C25H21N3O4/c1-2-14-31-20-11-8-17(9-12-20)22-16-23-21-15-19(28(29)30)10-13-24(21)32-25(27(23)26-22)18-6-4-3-5-7-18/h2-13,15,23,25H,1,14,16H2/t23-,25-/m0/s1. The molecule has 0 aromatic heterocycles. The molecule has 3 aromatic carbocycles. The molecule has 0 fully saturated rings. The van der Waals surface area contributed by atoms with Crippen LogP contribution >= 0.6 is 0 Å². The van der Waals surface area contributed by atoms with Crippen LogP contribution in [-0.2, 0) is 0 Å². The van der Waals surface area contributed by atoms with Gasteiger partial charge in [-0.25, -0.2) is 5.01 Å². The summed E-state index contributed by atoms with van der Waals surface area (Å²) in [5, 5.41) is 18.2. The van der Waals surface area contributed by atoms with Crippen LogP contribution in [0.3, 0.4) is 0 Å². The van der Waals surface area contributed by atoms with Gasteiger partial charge in [-0.1, -0.05) is 43.0 Å². The second-order valence-corrected chi connectivity index (χ2v) is 7.63. The highest BCUT2D eigenvalue weighted by Gasteiger charge is 2.41. The summed E-state index contributed by atoms with van der Waals surface area (Å²) < 4.78 is 11.9. The second-order valence-electron chi connectivity index (χ2n) is 7.63. The molecule has 2 heterocycles. The smallest absolute Gasteiger partial charge is 0.270 e. The largest absolute Gasteiger partial charge is 0.490 e. The van der Waals surface area contributed by atoms with Crippen LogP contribution in [0.2, 0.25) is 0 Å². The summed E-state index contributed by atoms with van der Waals surface area (Å²) in [6, 6.07) is 22.2. The Morgan fingerprint density at radius 2 is 1.94 bits per heavy atom. The minimum absolute atomic E-state index is 0.0441. The van der Waals surface area contributed by atoms with Gasteiger partial charge in [0.15, 0.2) is 0 Å². The van der Waals surface area contributed by atoms with Crippen LogP contribution in [0.25, 0.3) is 0 Å². The zero-order valence-electron chi connectivity index (χ0n) is 17.3. The van der Waals surface area contributed by atoms with Crippen LogP contribution in [0, 0.1) is 10.1 Å². The molecule has 5 rings (SSSR count). The number of nitrogens with zero attached hydrogens (tertiary/aromatic N) is 3. The van der Waals surface area contributed by atoms with E-state index in [-0.39, 0.29) is 16.7 Å². The van der Waals surface area contributed by atoms with E-state index >= 15 is 0 Å². The molecule has 0 radical (unpaired) electrons. The van der Waals surface area contributed by atoms with Crippen molar-refractivity contribution < 1.29 is 14.4 Å². The highest BCUT2D eigenvalue weighted by molar-refractivity contribution is 6.02. The van der Waals surface area contributed by atoms with Crippen molar-refractivity contribution in [3.8, 4) is 11.5 Å². The van der Waals surface area contributed by atoms with E-state index in [2.05, 4.69) is 6.58 Å². The lowest BCUT2D eigenvalue weighted by molar-refractivity contribution is -0.385. The molecule has 0 unspecified atom stereocenters. The Kier molecular flexibility index (Phi) is 5.07. The molecule has 2 aliphatic heterocycles. The third kappa shape index (κ3) is 3.58. The van der Waals surface area contributed by atoms with E-state index in [1.54, 1.807) is 18.2 Å². The monoisotopic (exact) mass is 427 g/mol. The Bertz CT molecular complexity index is 1190. The van der Waals surface area contributed by atoms with E-state index in [1.807, 2.05) is 59.6 Å². The number of hydrazone groups is 1. The van der Waals surface area contributed by atoms with Crippen LogP contribution in [-0.4, -0.2) is 22.3 Å². The maximum atomic E-state index is 11.4. The molecule has 160 valence electrons. The van der Waals surface area contributed by atoms with Crippen molar-refractivity contribution >= 4 is 11.4 Å². The van der Waals surface area contributed by atoms with Gasteiger partial charge in [0.25, 0.3) is 5.69 Å². The van der Waals surface area contributed by atoms with Crippen molar-refractivity contribution in [1.29, 1.82) is 0 Å². The lowest BCUT2D eigenvalue weighted by atomic mass is 9.95. The zero-order chi connectivity index (χ0) is 22.1. The van der Waals surface area contributed by atoms with Crippen LogP contribution in [0.1, 0.15) is 35.4 Å². The molecule has 0 bridgehead atoms. The number of nitro groups is 1. The molecule has 2 atom stereocenters. The Hall–Kier alpha value is -4.13. The number of benzene rings is 3. The van der Waals surface area contributed by atoms with Crippen molar-refractivity contribution in [2.45, 2.75) is 18.7 Å². The summed E-state index contributed by atoms with van der Waals surface area (Å²) in [7, 11) is 0. The number of ether oxygens (including phenoxy) is 2. The van der Waals surface area contributed by atoms with Gasteiger partial charge in [-0.05, 0) is 35.9 Å². The molecule has 0 amide bonds. The molecule has 0 saturated heterocycles. The van der Waals surface area contributed by atoms with Gasteiger partial charge in [-0.2, -0.15) is 5.10 Å². The lowest BCUT2D eigenvalue weighted by Gasteiger charge is -2.38. The molecule has 7 nitrogen and oxygen atoms in total. The van der Waals surface area contributed by atoms with E-state index in [0.717, 1.165) is 28.2 Å². The third-order valence-corrected chi connectivity index (χ3v) is 5.62. The van der Waals surface area contributed by atoms with Gasteiger partial charge in [0, 0.05) is 29.7 Å². The molecule has 32 heavy (non-hydrogen) atoms. The molecule has 2 aliphatic rings. The molecule has 0 N–H and O–H groups in total. The van der Waals surface area contributed by atoms with Gasteiger partial charge < -0.3 is 9.47 Å². The van der Waals surface area contributed by atoms with Gasteiger partial charge in [0.1, 0.15) is 18.1 Å². The van der Waals surface area contributed by atoms with Crippen molar-refractivity contribution in [3.63, 3.8) is 0 Å². The van der Waals surface area contributed by atoms with Crippen LogP contribution in [0.5, 0.6) is 11.5 Å². The molecule has 0 spiro atoms. The first-order valence-corrected chi connectivity index (χ1v) is 10.3. The number of hydrogen-bond donors (Lipinski definition) is 0. The average Bonchev–Trinajstić information content (AvgIpc) is 3.28. The summed E-state index contributed by atoms with van der Waals surface area (Å²) >= 11 is 0. The number of hydrogen-bond acceptors (Lipinski definition) is 6. The number of nitro benzene ring substituents is 1. The fraction of sp³-hybridized carbons (Fsp3) is 0.160. The first kappa shape index (κ1) is 19.8. The Balaban J connectivity index is 1.52. The summed E-state index contributed by atoms with van der Waals surface area (Å²) in [4.78, 5) is 11.0. The third-order valence-electron chi connectivity index (χ3n) is 5.62. The predicted octanol–water partition coefficient (Wildman–Crippen LogP) is 5.40. The van der Waals surface area contributed by atoms with Gasteiger partial charge >= 0.3 is 0 Å². The minimum Gasteiger partial charge on any atom is -0.490 e. The van der Waals surface area contributed by atoms with Crippen LogP contribution < -0.4 is 9.47 Å². The topological polar surface area (TPSA) is 77.2 Å². The first-order chi connectivity index (χ1) is 15.6. The fourth-order valence-electron chi connectivity index (χ4n) is 4.10. The number of rotatable bonds is 6. The normalized spacial score (nSPS) is 18.8. The minimum atomic E-state index is -0.414. The van der Waals surface area contributed by atoms with Crippen LogP contribution in [0.4, 0.5) is 5.69 Å². The Labute approximate surface area is 185 Å². The van der Waals surface area contributed by atoms with Crippen molar-refractivity contribution in [2.75, 3.05) is 6.61 Å². The van der Waals surface area contributed by atoms with E-state index in [0.29, 0.717) is 18.8 Å². The summed E-state index contributed by atoms with van der Waals surface area (Å²) in [5.74, 6) is 1.41. The lowest BCUT2D eigenvalue weighted by Crippen LogP contribution is -2.33. The summed E-state index contributed by atoms with van der Waals surface area (Å²) in [5.41, 5.74) is 3.66. The van der Waals surface area contributed by atoms with Crippen molar-refractivity contribution in [1.82, 2.24) is 5.01 Å². The predicted molar refractivity (Wildman–Crippen MR) is 121 cm³/mol. The van der Waals surface area contributed by atoms with Crippen LogP contribution in [0.15, 0.2) is 90.6 Å². The van der Waals surface area contributed by atoms with Gasteiger partial charge in [0.05, 0.1) is 16.7 Å². The summed E-state index contributed by atoms with van der Waals surface area (Å²) in [6.07, 6.45) is 1.91. The molecule has 3 aromatic rings. The molecular weight excluding hydrogens is 406 g/mol. The SMILES string of the molecule is C=CCOc1ccc(C2=NN3[C@@H](C2)c2cc([N+](=O)[O-])ccc2O[C@H]3c2ccccc2)cc1. The maximum Gasteiger partial charge on any atom is 0.270 e. The van der Waals surface area contributed by atoms with E-state index in [9.17, 15) is 10.1 Å². The van der Waals surface area contributed by atoms with Crippen molar-refractivity contribution in [2.24, 2.45) is 5.10 Å².